The number of rotatable bonds is 5. The van der Waals surface area contributed by atoms with Crippen molar-refractivity contribution in [1.82, 2.24) is 15.5 Å². The van der Waals surface area contributed by atoms with Gasteiger partial charge in [0.15, 0.2) is 4.34 Å². The molecular formula is C8H16N4S2. The Morgan fingerprint density at radius 3 is 2.71 bits per heavy atom. The van der Waals surface area contributed by atoms with Crippen LogP contribution in [0.15, 0.2) is 4.34 Å². The van der Waals surface area contributed by atoms with Crippen molar-refractivity contribution in [1.29, 1.82) is 0 Å². The van der Waals surface area contributed by atoms with Crippen molar-refractivity contribution in [3.8, 4) is 0 Å². The van der Waals surface area contributed by atoms with Crippen molar-refractivity contribution in [2.24, 2.45) is 0 Å². The standard InChI is InChI=1S/C8H16N4S2/c1-6(9-2)5-13-8-11-10-7(14-8)12(3)4/h6,9H,5H2,1-4H3. The summed E-state index contributed by atoms with van der Waals surface area (Å²) in [6, 6.07) is 0.506. The topological polar surface area (TPSA) is 41.1 Å². The maximum Gasteiger partial charge on any atom is 0.208 e. The highest BCUT2D eigenvalue weighted by molar-refractivity contribution is 8.01. The molecular weight excluding hydrogens is 216 g/mol. The largest absolute Gasteiger partial charge is 0.353 e. The minimum absolute atomic E-state index is 0.506. The van der Waals surface area contributed by atoms with Crippen LogP contribution < -0.4 is 10.2 Å². The average molecular weight is 232 g/mol. The van der Waals surface area contributed by atoms with Gasteiger partial charge in [0.05, 0.1) is 0 Å². The average Bonchev–Trinajstić information content (AvgIpc) is 2.62. The molecule has 80 valence electrons. The molecule has 0 radical (unpaired) electrons. The highest BCUT2D eigenvalue weighted by atomic mass is 32.2. The molecule has 1 unspecified atom stereocenters. The smallest absolute Gasteiger partial charge is 0.208 e. The minimum atomic E-state index is 0.506. The highest BCUT2D eigenvalue weighted by Gasteiger charge is 2.07. The maximum absolute atomic E-state index is 4.11. The third-order valence-corrected chi connectivity index (χ3v) is 4.21. The number of anilines is 1. The summed E-state index contributed by atoms with van der Waals surface area (Å²) in [5, 5.41) is 12.3. The highest BCUT2D eigenvalue weighted by Crippen LogP contribution is 2.26. The summed E-state index contributed by atoms with van der Waals surface area (Å²) < 4.78 is 1.04. The molecule has 0 aromatic carbocycles. The lowest BCUT2D eigenvalue weighted by Gasteiger charge is -2.06. The van der Waals surface area contributed by atoms with Crippen LogP contribution >= 0.6 is 23.1 Å². The predicted molar refractivity (Wildman–Crippen MR) is 63.5 cm³/mol. The van der Waals surface area contributed by atoms with Crippen LogP contribution in [0.3, 0.4) is 0 Å². The molecule has 0 saturated carbocycles. The van der Waals surface area contributed by atoms with Gasteiger partial charge in [0, 0.05) is 25.9 Å². The molecule has 1 atom stereocenters. The molecule has 1 N–H and O–H groups in total. The first-order valence-electron chi connectivity index (χ1n) is 4.44. The first kappa shape index (κ1) is 11.7. The molecule has 6 heteroatoms. The van der Waals surface area contributed by atoms with Crippen LogP contribution in [-0.2, 0) is 0 Å². The van der Waals surface area contributed by atoms with Crippen LogP contribution in [0.5, 0.6) is 0 Å². The third kappa shape index (κ3) is 3.43. The lowest BCUT2D eigenvalue weighted by atomic mass is 10.4. The number of nitrogens with one attached hydrogen (secondary N) is 1. The second-order valence-electron chi connectivity index (χ2n) is 3.25. The van der Waals surface area contributed by atoms with Crippen LogP contribution in [0, 0.1) is 0 Å². The lowest BCUT2D eigenvalue weighted by molar-refractivity contribution is 0.677. The zero-order valence-electron chi connectivity index (χ0n) is 8.94. The Kier molecular flexibility index (Phi) is 4.64. The molecule has 0 fully saturated rings. The Hall–Kier alpha value is -0.330. The van der Waals surface area contributed by atoms with Gasteiger partial charge in [-0.15, -0.1) is 10.2 Å². The van der Waals surface area contributed by atoms with Crippen molar-refractivity contribution in [2.45, 2.75) is 17.3 Å². The Morgan fingerprint density at radius 1 is 1.50 bits per heavy atom. The fourth-order valence-electron chi connectivity index (χ4n) is 0.721. The van der Waals surface area contributed by atoms with Gasteiger partial charge in [0.25, 0.3) is 0 Å². The second kappa shape index (κ2) is 5.53. The summed E-state index contributed by atoms with van der Waals surface area (Å²) in [5.41, 5.74) is 0. The third-order valence-electron chi connectivity index (χ3n) is 1.73. The van der Waals surface area contributed by atoms with Gasteiger partial charge in [-0.1, -0.05) is 23.1 Å². The Labute approximate surface area is 93.1 Å². The maximum atomic E-state index is 4.11. The van der Waals surface area contributed by atoms with Gasteiger partial charge in [-0.05, 0) is 14.0 Å². The van der Waals surface area contributed by atoms with Gasteiger partial charge >= 0.3 is 0 Å². The van der Waals surface area contributed by atoms with Gasteiger partial charge < -0.3 is 10.2 Å². The molecule has 14 heavy (non-hydrogen) atoms. The summed E-state index contributed by atoms with van der Waals surface area (Å²) in [6.45, 7) is 2.15. The van der Waals surface area contributed by atoms with Crippen molar-refractivity contribution < 1.29 is 0 Å². The molecule has 0 saturated heterocycles. The SMILES string of the molecule is CNC(C)CSc1nnc(N(C)C)s1. The van der Waals surface area contributed by atoms with Crippen LogP contribution in [0.25, 0.3) is 0 Å². The lowest BCUT2D eigenvalue weighted by Crippen LogP contribution is -2.23. The second-order valence-corrected chi connectivity index (χ2v) is 5.47. The van der Waals surface area contributed by atoms with Gasteiger partial charge in [-0.3, -0.25) is 0 Å². The van der Waals surface area contributed by atoms with E-state index in [0.29, 0.717) is 6.04 Å². The molecule has 1 rings (SSSR count). The predicted octanol–water partition coefficient (Wildman–Crippen LogP) is 1.30. The fourth-order valence-corrected chi connectivity index (χ4v) is 2.54. The first-order valence-corrected chi connectivity index (χ1v) is 6.24. The van der Waals surface area contributed by atoms with E-state index in [-0.39, 0.29) is 0 Å². The number of aromatic nitrogens is 2. The monoisotopic (exact) mass is 232 g/mol. The van der Waals surface area contributed by atoms with Gasteiger partial charge in [0.1, 0.15) is 0 Å². The Balaban J connectivity index is 2.44. The van der Waals surface area contributed by atoms with E-state index in [1.165, 1.54) is 0 Å². The molecule has 1 heterocycles. The van der Waals surface area contributed by atoms with Crippen LogP contribution in [0.2, 0.25) is 0 Å². The van der Waals surface area contributed by atoms with E-state index in [2.05, 4.69) is 22.4 Å². The Morgan fingerprint density at radius 2 is 2.21 bits per heavy atom. The van der Waals surface area contributed by atoms with Gasteiger partial charge in [-0.25, -0.2) is 0 Å². The molecule has 0 amide bonds. The molecule has 0 bridgehead atoms. The van der Waals surface area contributed by atoms with Crippen LogP contribution in [0.1, 0.15) is 6.92 Å². The fraction of sp³-hybridized carbons (Fsp3) is 0.750. The van der Waals surface area contributed by atoms with Crippen molar-refractivity contribution in [2.75, 3.05) is 31.8 Å². The summed E-state index contributed by atoms with van der Waals surface area (Å²) >= 11 is 3.38. The minimum Gasteiger partial charge on any atom is -0.353 e. The van der Waals surface area contributed by atoms with E-state index < -0.39 is 0 Å². The quantitative estimate of drug-likeness (QED) is 0.775. The molecule has 0 aliphatic heterocycles. The zero-order chi connectivity index (χ0) is 10.6. The summed E-state index contributed by atoms with van der Waals surface area (Å²) in [7, 11) is 5.92. The summed E-state index contributed by atoms with van der Waals surface area (Å²) in [6.07, 6.45) is 0. The van der Waals surface area contributed by atoms with Crippen molar-refractivity contribution >= 4 is 28.2 Å². The van der Waals surface area contributed by atoms with Gasteiger partial charge in [-0.2, -0.15) is 0 Å². The van der Waals surface area contributed by atoms with E-state index in [1.54, 1.807) is 23.1 Å². The van der Waals surface area contributed by atoms with Crippen molar-refractivity contribution in [3.05, 3.63) is 0 Å². The first-order chi connectivity index (χ1) is 6.63. The molecule has 4 nitrogen and oxygen atoms in total. The number of thioether (sulfide) groups is 1. The number of hydrogen-bond acceptors (Lipinski definition) is 6. The molecule has 0 aliphatic rings. The summed E-state index contributed by atoms with van der Waals surface area (Å²) in [4.78, 5) is 1.98. The normalized spacial score (nSPS) is 12.9. The molecule has 1 aromatic heterocycles. The number of nitrogens with zero attached hydrogens (tertiary/aromatic N) is 3. The summed E-state index contributed by atoms with van der Waals surface area (Å²) in [5.74, 6) is 1.03. The zero-order valence-corrected chi connectivity index (χ0v) is 10.6. The Bertz CT molecular complexity index is 274. The number of hydrogen-bond donors (Lipinski definition) is 1. The van der Waals surface area contributed by atoms with E-state index >= 15 is 0 Å². The van der Waals surface area contributed by atoms with Crippen LogP contribution in [0.4, 0.5) is 5.13 Å². The van der Waals surface area contributed by atoms with Crippen LogP contribution in [-0.4, -0.2) is 43.1 Å². The van der Waals surface area contributed by atoms with Gasteiger partial charge in [0.2, 0.25) is 5.13 Å². The van der Waals surface area contributed by atoms with E-state index in [9.17, 15) is 0 Å². The van der Waals surface area contributed by atoms with E-state index in [4.69, 9.17) is 0 Å². The molecule has 0 aliphatic carbocycles. The molecule has 0 spiro atoms. The van der Waals surface area contributed by atoms with E-state index in [1.807, 2.05) is 26.0 Å². The molecule has 1 aromatic rings. The van der Waals surface area contributed by atoms with Crippen molar-refractivity contribution in [3.63, 3.8) is 0 Å². The van der Waals surface area contributed by atoms with E-state index in [0.717, 1.165) is 15.2 Å².